The number of hydrogen-bond donors (Lipinski definition) is 2. The summed E-state index contributed by atoms with van der Waals surface area (Å²) < 4.78 is 1.41. The van der Waals surface area contributed by atoms with Crippen LogP contribution in [0.25, 0.3) is 5.69 Å². The van der Waals surface area contributed by atoms with Gasteiger partial charge in [0.2, 0.25) is 0 Å². The summed E-state index contributed by atoms with van der Waals surface area (Å²) in [6.45, 7) is 3.93. The number of aromatic nitrogens is 2. The maximum Gasteiger partial charge on any atom is 0.339 e. The fourth-order valence-corrected chi connectivity index (χ4v) is 2.18. The molecular formula is C15H16N2O4. The first-order valence-corrected chi connectivity index (χ1v) is 6.54. The average molecular weight is 288 g/mol. The summed E-state index contributed by atoms with van der Waals surface area (Å²) in [5.74, 6) is -1.92. The number of carbonyl (C=O) groups is 2. The molecule has 6 heteroatoms. The molecular weight excluding hydrogens is 272 g/mol. The van der Waals surface area contributed by atoms with Crippen LogP contribution in [0.5, 0.6) is 0 Å². The van der Waals surface area contributed by atoms with E-state index in [1.54, 1.807) is 18.2 Å². The van der Waals surface area contributed by atoms with Crippen molar-refractivity contribution in [2.75, 3.05) is 0 Å². The molecule has 0 bridgehead atoms. The van der Waals surface area contributed by atoms with Gasteiger partial charge in [0.25, 0.3) is 0 Å². The summed E-state index contributed by atoms with van der Waals surface area (Å²) in [7, 11) is 0. The van der Waals surface area contributed by atoms with E-state index in [2.05, 4.69) is 5.10 Å². The second-order valence-corrected chi connectivity index (χ2v) is 5.14. The smallest absolute Gasteiger partial charge is 0.339 e. The zero-order valence-electron chi connectivity index (χ0n) is 11.8. The lowest BCUT2D eigenvalue weighted by Gasteiger charge is -2.12. The molecule has 0 aliphatic rings. The molecule has 0 saturated carbocycles. The Morgan fingerprint density at radius 1 is 1.14 bits per heavy atom. The van der Waals surface area contributed by atoms with Gasteiger partial charge in [-0.2, -0.15) is 5.10 Å². The second-order valence-electron chi connectivity index (χ2n) is 5.14. The Hall–Kier alpha value is -2.63. The first kappa shape index (κ1) is 14.8. The fourth-order valence-electron chi connectivity index (χ4n) is 2.18. The summed E-state index contributed by atoms with van der Waals surface area (Å²) in [4.78, 5) is 22.6. The number of nitrogens with zero attached hydrogens (tertiary/aromatic N) is 2. The number of carboxylic acids is 2. The van der Waals surface area contributed by atoms with E-state index in [-0.39, 0.29) is 17.0 Å². The predicted octanol–water partition coefficient (Wildman–Crippen LogP) is 2.47. The lowest BCUT2D eigenvalue weighted by molar-refractivity contribution is 0.0686. The summed E-state index contributed by atoms with van der Waals surface area (Å²) in [6.07, 6.45) is 1.76. The summed E-state index contributed by atoms with van der Waals surface area (Å²) in [5.41, 5.74) is 1.06. The van der Waals surface area contributed by atoms with Crippen LogP contribution < -0.4 is 0 Å². The number of rotatable bonds is 5. The Morgan fingerprint density at radius 2 is 1.76 bits per heavy atom. The van der Waals surface area contributed by atoms with Crippen molar-refractivity contribution in [2.45, 2.75) is 20.3 Å². The Kier molecular flexibility index (Phi) is 4.07. The van der Waals surface area contributed by atoms with E-state index in [9.17, 15) is 19.8 Å². The third-order valence-electron chi connectivity index (χ3n) is 3.06. The van der Waals surface area contributed by atoms with Crippen molar-refractivity contribution in [1.82, 2.24) is 9.78 Å². The molecule has 110 valence electrons. The first-order valence-electron chi connectivity index (χ1n) is 6.54. The highest BCUT2D eigenvalue weighted by Crippen LogP contribution is 2.21. The number of hydrogen-bond acceptors (Lipinski definition) is 3. The van der Waals surface area contributed by atoms with Crippen LogP contribution in [-0.2, 0) is 6.42 Å². The molecule has 2 N–H and O–H groups in total. The highest BCUT2D eigenvalue weighted by Gasteiger charge is 2.21. The van der Waals surface area contributed by atoms with Crippen molar-refractivity contribution < 1.29 is 19.8 Å². The van der Waals surface area contributed by atoms with Crippen LogP contribution in [-0.4, -0.2) is 31.9 Å². The molecule has 6 nitrogen and oxygen atoms in total. The van der Waals surface area contributed by atoms with Crippen molar-refractivity contribution in [3.8, 4) is 5.69 Å². The minimum absolute atomic E-state index is 0.0857. The topological polar surface area (TPSA) is 92.4 Å². The molecule has 1 aromatic carbocycles. The maximum absolute atomic E-state index is 11.3. The molecule has 1 aromatic heterocycles. The van der Waals surface area contributed by atoms with E-state index in [1.807, 2.05) is 13.8 Å². The summed E-state index contributed by atoms with van der Waals surface area (Å²) in [5, 5.41) is 22.6. The van der Waals surface area contributed by atoms with Gasteiger partial charge in [0.1, 0.15) is 5.56 Å². The Bertz CT molecular complexity index is 689. The molecule has 21 heavy (non-hydrogen) atoms. The maximum atomic E-state index is 11.3. The molecule has 0 atom stereocenters. The van der Waals surface area contributed by atoms with Crippen LogP contribution in [0.2, 0.25) is 0 Å². The normalized spacial score (nSPS) is 10.8. The van der Waals surface area contributed by atoms with E-state index in [0.29, 0.717) is 17.8 Å². The van der Waals surface area contributed by atoms with Gasteiger partial charge in [-0.15, -0.1) is 0 Å². The van der Waals surface area contributed by atoms with Gasteiger partial charge in [-0.3, -0.25) is 0 Å². The largest absolute Gasteiger partial charge is 0.478 e. The minimum atomic E-state index is -1.08. The van der Waals surface area contributed by atoms with Gasteiger partial charge >= 0.3 is 11.9 Å². The van der Waals surface area contributed by atoms with Gasteiger partial charge < -0.3 is 10.2 Å². The van der Waals surface area contributed by atoms with E-state index < -0.39 is 11.9 Å². The molecule has 0 spiro atoms. The molecule has 0 saturated heterocycles. The van der Waals surface area contributed by atoms with E-state index >= 15 is 0 Å². The van der Waals surface area contributed by atoms with Crippen LogP contribution in [0, 0.1) is 5.92 Å². The quantitative estimate of drug-likeness (QED) is 0.881. The van der Waals surface area contributed by atoms with Crippen molar-refractivity contribution in [3.63, 3.8) is 0 Å². The molecule has 0 aliphatic carbocycles. The van der Waals surface area contributed by atoms with Crippen LogP contribution in [0.3, 0.4) is 0 Å². The van der Waals surface area contributed by atoms with Gasteiger partial charge in [-0.25, -0.2) is 14.3 Å². The highest BCUT2D eigenvalue weighted by atomic mass is 16.4. The SMILES string of the molecule is CC(C)Cc1c(C(=O)O)cnn1-c1ccccc1C(=O)O. The Balaban J connectivity index is 2.64. The number of benzene rings is 1. The van der Waals surface area contributed by atoms with Crippen molar-refractivity contribution >= 4 is 11.9 Å². The number of carboxylic acid groups (broad SMARTS) is 2. The van der Waals surface area contributed by atoms with E-state index in [0.717, 1.165) is 0 Å². The van der Waals surface area contributed by atoms with E-state index in [4.69, 9.17) is 0 Å². The molecule has 0 aliphatic heterocycles. The van der Waals surface area contributed by atoms with Crippen molar-refractivity contribution in [2.24, 2.45) is 5.92 Å². The lowest BCUT2D eigenvalue weighted by Crippen LogP contribution is -2.12. The zero-order chi connectivity index (χ0) is 15.6. The lowest BCUT2D eigenvalue weighted by atomic mass is 10.0. The van der Waals surface area contributed by atoms with Crippen LogP contribution in [0.15, 0.2) is 30.5 Å². The van der Waals surface area contributed by atoms with Crippen molar-refractivity contribution in [3.05, 3.63) is 47.3 Å². The summed E-state index contributed by atoms with van der Waals surface area (Å²) >= 11 is 0. The Morgan fingerprint density at radius 3 is 2.33 bits per heavy atom. The fraction of sp³-hybridized carbons (Fsp3) is 0.267. The molecule has 0 unspecified atom stereocenters. The van der Waals surface area contributed by atoms with Gasteiger partial charge in [0.05, 0.1) is 23.1 Å². The number of aromatic carboxylic acids is 2. The van der Waals surface area contributed by atoms with Gasteiger partial charge in [0.15, 0.2) is 0 Å². The second kappa shape index (κ2) is 5.78. The van der Waals surface area contributed by atoms with Crippen molar-refractivity contribution in [1.29, 1.82) is 0 Å². The molecule has 0 amide bonds. The molecule has 1 heterocycles. The van der Waals surface area contributed by atoms with Crippen LogP contribution in [0.4, 0.5) is 0 Å². The molecule has 2 rings (SSSR count). The predicted molar refractivity (Wildman–Crippen MR) is 76.0 cm³/mol. The zero-order valence-corrected chi connectivity index (χ0v) is 11.8. The van der Waals surface area contributed by atoms with Gasteiger partial charge in [0, 0.05) is 0 Å². The highest BCUT2D eigenvalue weighted by molar-refractivity contribution is 5.92. The molecule has 2 aromatic rings. The third kappa shape index (κ3) is 2.94. The number of para-hydroxylation sites is 1. The standard InChI is InChI=1S/C15H16N2O4/c1-9(2)7-13-11(15(20)21)8-16-17(13)12-6-4-3-5-10(12)14(18)19/h3-6,8-9H,7H2,1-2H3,(H,18,19)(H,20,21). The van der Waals surface area contributed by atoms with Crippen LogP contribution in [0.1, 0.15) is 40.3 Å². The minimum Gasteiger partial charge on any atom is -0.478 e. The molecule has 0 radical (unpaired) electrons. The Labute approximate surface area is 121 Å². The monoisotopic (exact) mass is 288 g/mol. The van der Waals surface area contributed by atoms with Crippen LogP contribution >= 0.6 is 0 Å². The summed E-state index contributed by atoms with van der Waals surface area (Å²) in [6, 6.07) is 6.41. The van der Waals surface area contributed by atoms with E-state index in [1.165, 1.54) is 16.9 Å². The van der Waals surface area contributed by atoms with Gasteiger partial charge in [-0.05, 0) is 24.5 Å². The molecule has 0 fully saturated rings. The average Bonchev–Trinajstić information content (AvgIpc) is 2.81. The van der Waals surface area contributed by atoms with Gasteiger partial charge in [-0.1, -0.05) is 26.0 Å². The first-order chi connectivity index (χ1) is 9.91. The third-order valence-corrected chi connectivity index (χ3v) is 3.06.